The summed E-state index contributed by atoms with van der Waals surface area (Å²) in [6, 6.07) is 0.440. The van der Waals surface area contributed by atoms with Crippen molar-refractivity contribution in [2.24, 2.45) is 0 Å². The van der Waals surface area contributed by atoms with Crippen LogP contribution in [0.1, 0.15) is 70.0 Å². The molecule has 2 rings (SSSR count). The van der Waals surface area contributed by atoms with E-state index in [1.54, 1.807) is 0 Å². The topological polar surface area (TPSA) is 37.8 Å². The van der Waals surface area contributed by atoms with Gasteiger partial charge in [-0.15, -0.1) is 0 Å². The highest BCUT2D eigenvalue weighted by atomic mass is 16.1. The fraction of sp³-hybridized carbons (Fsp3) is 0.769. The van der Waals surface area contributed by atoms with Crippen LogP contribution in [-0.2, 0) is 0 Å². The second kappa shape index (κ2) is 4.89. The van der Waals surface area contributed by atoms with E-state index in [0.717, 1.165) is 25.0 Å². The zero-order chi connectivity index (χ0) is 11.5. The Balaban J connectivity index is 2.20. The smallest absolute Gasteiger partial charge is 0.310 e. The van der Waals surface area contributed by atoms with Gasteiger partial charge in [-0.1, -0.05) is 33.1 Å². The Morgan fingerprint density at radius 2 is 2.12 bits per heavy atom. The lowest BCUT2D eigenvalue weighted by Gasteiger charge is -2.21. The maximum Gasteiger partial charge on any atom is 0.325 e. The quantitative estimate of drug-likeness (QED) is 0.838. The van der Waals surface area contributed by atoms with Crippen molar-refractivity contribution in [2.45, 2.75) is 64.3 Å². The van der Waals surface area contributed by atoms with Gasteiger partial charge in [0.1, 0.15) is 0 Å². The van der Waals surface area contributed by atoms with Crippen molar-refractivity contribution < 1.29 is 0 Å². The van der Waals surface area contributed by atoms with Crippen molar-refractivity contribution in [1.82, 2.24) is 9.55 Å². The molecule has 1 unspecified atom stereocenters. The fourth-order valence-corrected chi connectivity index (χ4v) is 2.53. The Bertz CT molecular complexity index is 385. The average Bonchev–Trinajstić information content (AvgIpc) is 2.71. The summed E-state index contributed by atoms with van der Waals surface area (Å²) >= 11 is 0. The molecule has 1 N–H and O–H groups in total. The van der Waals surface area contributed by atoms with Crippen molar-refractivity contribution in [3.8, 4) is 0 Å². The summed E-state index contributed by atoms with van der Waals surface area (Å²) in [5, 5.41) is 0. The van der Waals surface area contributed by atoms with Crippen LogP contribution in [0.3, 0.4) is 0 Å². The highest BCUT2D eigenvalue weighted by Gasteiger charge is 2.18. The van der Waals surface area contributed by atoms with Crippen molar-refractivity contribution in [1.29, 1.82) is 0 Å². The maximum atomic E-state index is 11.9. The summed E-state index contributed by atoms with van der Waals surface area (Å²) in [5.74, 6) is 0.456. The number of aromatic nitrogens is 2. The molecular formula is C13H22N2O. The van der Waals surface area contributed by atoms with Crippen LogP contribution in [0.25, 0.3) is 0 Å². The van der Waals surface area contributed by atoms with E-state index in [0.29, 0.717) is 12.0 Å². The molecule has 3 heteroatoms. The number of hydrogen-bond donors (Lipinski definition) is 1. The van der Waals surface area contributed by atoms with Gasteiger partial charge in [0.05, 0.1) is 0 Å². The summed E-state index contributed by atoms with van der Waals surface area (Å²) in [7, 11) is 0. The molecule has 0 aromatic carbocycles. The van der Waals surface area contributed by atoms with E-state index in [4.69, 9.17) is 0 Å². The lowest BCUT2D eigenvalue weighted by Crippen LogP contribution is -2.23. The molecule has 1 saturated carbocycles. The molecule has 0 radical (unpaired) electrons. The number of rotatable bonds is 3. The Hall–Kier alpha value is -0.990. The van der Waals surface area contributed by atoms with Crippen LogP contribution in [0.2, 0.25) is 0 Å². The molecule has 0 spiro atoms. The molecule has 0 amide bonds. The van der Waals surface area contributed by atoms with Gasteiger partial charge in [-0.2, -0.15) is 0 Å². The molecule has 0 aliphatic heterocycles. The van der Waals surface area contributed by atoms with Gasteiger partial charge in [-0.25, -0.2) is 4.79 Å². The first-order valence-electron chi connectivity index (χ1n) is 6.53. The van der Waals surface area contributed by atoms with Crippen molar-refractivity contribution >= 4 is 0 Å². The van der Waals surface area contributed by atoms with Crippen LogP contribution in [0.4, 0.5) is 0 Å². The fourth-order valence-electron chi connectivity index (χ4n) is 2.53. The molecule has 0 bridgehead atoms. The van der Waals surface area contributed by atoms with E-state index in [-0.39, 0.29) is 5.69 Å². The maximum absolute atomic E-state index is 11.9. The number of aromatic amines is 1. The molecule has 1 fully saturated rings. The van der Waals surface area contributed by atoms with E-state index < -0.39 is 0 Å². The molecule has 16 heavy (non-hydrogen) atoms. The molecule has 1 aliphatic carbocycles. The summed E-state index contributed by atoms with van der Waals surface area (Å²) < 4.78 is 1.93. The summed E-state index contributed by atoms with van der Waals surface area (Å²) in [5.41, 5.74) is 1.18. The number of nitrogens with zero attached hydrogens (tertiary/aromatic N) is 1. The number of H-pyrrole nitrogens is 1. The number of hydrogen-bond acceptors (Lipinski definition) is 1. The van der Waals surface area contributed by atoms with E-state index in [2.05, 4.69) is 18.8 Å². The predicted octanol–water partition coefficient (Wildman–Crippen LogP) is 3.20. The first-order chi connectivity index (χ1) is 7.72. The minimum atomic E-state index is 0.0854. The minimum absolute atomic E-state index is 0.0854. The zero-order valence-corrected chi connectivity index (χ0v) is 10.3. The first-order valence-corrected chi connectivity index (χ1v) is 6.53. The van der Waals surface area contributed by atoms with E-state index in [9.17, 15) is 4.79 Å². The van der Waals surface area contributed by atoms with Gasteiger partial charge in [0.15, 0.2) is 0 Å². The van der Waals surface area contributed by atoms with Crippen LogP contribution in [0.5, 0.6) is 0 Å². The molecule has 1 heterocycles. The van der Waals surface area contributed by atoms with E-state index in [1.165, 1.54) is 19.3 Å². The van der Waals surface area contributed by atoms with Gasteiger partial charge in [-0.3, -0.25) is 4.57 Å². The summed E-state index contributed by atoms with van der Waals surface area (Å²) in [6.07, 6.45) is 9.31. The Morgan fingerprint density at radius 1 is 1.44 bits per heavy atom. The molecule has 90 valence electrons. The molecule has 1 aromatic heterocycles. The minimum Gasteiger partial charge on any atom is -0.310 e. The summed E-state index contributed by atoms with van der Waals surface area (Å²) in [6.45, 7) is 4.32. The third-order valence-corrected chi connectivity index (χ3v) is 3.88. The molecule has 0 saturated heterocycles. The van der Waals surface area contributed by atoms with Crippen molar-refractivity contribution in [3.63, 3.8) is 0 Å². The number of nitrogens with one attached hydrogen (secondary N) is 1. The Labute approximate surface area is 96.9 Å². The zero-order valence-electron chi connectivity index (χ0n) is 10.3. The van der Waals surface area contributed by atoms with Crippen LogP contribution >= 0.6 is 0 Å². The highest BCUT2D eigenvalue weighted by molar-refractivity contribution is 5.04. The van der Waals surface area contributed by atoms with E-state index >= 15 is 0 Å². The van der Waals surface area contributed by atoms with Crippen LogP contribution in [-0.4, -0.2) is 9.55 Å². The van der Waals surface area contributed by atoms with Crippen molar-refractivity contribution in [3.05, 3.63) is 22.4 Å². The lowest BCUT2D eigenvalue weighted by molar-refractivity contribution is 0.347. The van der Waals surface area contributed by atoms with Gasteiger partial charge in [-0.05, 0) is 25.2 Å². The molecular weight excluding hydrogens is 200 g/mol. The monoisotopic (exact) mass is 222 g/mol. The van der Waals surface area contributed by atoms with Crippen LogP contribution in [0, 0.1) is 0 Å². The highest BCUT2D eigenvalue weighted by Crippen LogP contribution is 2.27. The van der Waals surface area contributed by atoms with Gasteiger partial charge < -0.3 is 4.98 Å². The van der Waals surface area contributed by atoms with Crippen LogP contribution < -0.4 is 5.69 Å². The van der Waals surface area contributed by atoms with Gasteiger partial charge >= 0.3 is 5.69 Å². The average molecular weight is 222 g/mol. The Kier molecular flexibility index (Phi) is 3.52. The molecule has 1 aliphatic rings. The Morgan fingerprint density at radius 3 is 2.75 bits per heavy atom. The van der Waals surface area contributed by atoms with Gasteiger partial charge in [0, 0.05) is 17.9 Å². The molecule has 1 aromatic rings. The normalized spacial score (nSPS) is 19.9. The third-order valence-electron chi connectivity index (χ3n) is 3.88. The number of imidazole rings is 1. The predicted molar refractivity (Wildman–Crippen MR) is 65.9 cm³/mol. The largest absolute Gasteiger partial charge is 0.325 e. The standard InChI is InChI=1S/C13H22N2O/c1-3-10(2)12-9-15(13(16)14-12)11-7-5-4-6-8-11/h9-11H,3-8H2,1-2H3,(H,14,16). The third kappa shape index (κ3) is 2.23. The lowest BCUT2D eigenvalue weighted by atomic mass is 9.95. The summed E-state index contributed by atoms with van der Waals surface area (Å²) in [4.78, 5) is 14.9. The second-order valence-corrected chi connectivity index (χ2v) is 5.02. The van der Waals surface area contributed by atoms with Gasteiger partial charge in [0.2, 0.25) is 0 Å². The van der Waals surface area contributed by atoms with Crippen molar-refractivity contribution in [2.75, 3.05) is 0 Å². The molecule has 1 atom stereocenters. The molecule has 3 nitrogen and oxygen atoms in total. The van der Waals surface area contributed by atoms with Crippen LogP contribution in [0.15, 0.2) is 11.0 Å². The SMILES string of the molecule is CCC(C)c1cn(C2CCCCC2)c(=O)[nH]1. The van der Waals surface area contributed by atoms with E-state index in [1.807, 2.05) is 10.8 Å². The first kappa shape index (κ1) is 11.5. The second-order valence-electron chi connectivity index (χ2n) is 5.02. The van der Waals surface area contributed by atoms with Gasteiger partial charge in [0.25, 0.3) is 0 Å².